The van der Waals surface area contributed by atoms with Gasteiger partial charge in [-0.2, -0.15) is 18.6 Å². The average molecular weight is 416 g/mol. The van der Waals surface area contributed by atoms with Gasteiger partial charge in [-0.25, -0.2) is 0 Å². The van der Waals surface area contributed by atoms with Crippen LogP contribution >= 0.6 is 11.8 Å². The number of rotatable bonds is 6. The fourth-order valence-corrected chi connectivity index (χ4v) is 3.71. The Morgan fingerprint density at radius 1 is 1.10 bits per heavy atom. The Labute approximate surface area is 170 Å². The monoisotopic (exact) mass is 416 g/mol. The fraction of sp³-hybridized carbons (Fsp3) is 0.250. The molecule has 0 atom stereocenters. The van der Waals surface area contributed by atoms with E-state index < -0.39 is 6.61 Å². The zero-order chi connectivity index (χ0) is 20.4. The molecular weight excluding hydrogens is 398 g/mol. The maximum absolute atomic E-state index is 12.3. The van der Waals surface area contributed by atoms with Gasteiger partial charge >= 0.3 is 6.61 Å². The molecule has 1 aliphatic heterocycles. The van der Waals surface area contributed by atoms with E-state index in [1.54, 1.807) is 16.8 Å². The lowest BCUT2D eigenvalue weighted by Gasteiger charge is -2.15. The van der Waals surface area contributed by atoms with Gasteiger partial charge in [0.2, 0.25) is 5.16 Å². The van der Waals surface area contributed by atoms with E-state index in [9.17, 15) is 8.78 Å². The van der Waals surface area contributed by atoms with Crippen LogP contribution in [0.25, 0.3) is 0 Å². The van der Waals surface area contributed by atoms with Crippen LogP contribution in [0.2, 0.25) is 0 Å². The highest BCUT2D eigenvalue weighted by Gasteiger charge is 2.20. The molecule has 0 aliphatic carbocycles. The highest BCUT2D eigenvalue weighted by Crippen LogP contribution is 2.26. The van der Waals surface area contributed by atoms with Crippen molar-refractivity contribution in [3.8, 4) is 11.5 Å². The Morgan fingerprint density at radius 3 is 2.66 bits per heavy atom. The summed E-state index contributed by atoms with van der Waals surface area (Å²) in [6.45, 7) is 1.43. The van der Waals surface area contributed by atoms with Crippen molar-refractivity contribution in [3.63, 3.8) is 0 Å². The first-order valence-electron chi connectivity index (χ1n) is 8.90. The van der Waals surface area contributed by atoms with E-state index in [1.807, 2.05) is 32.0 Å². The fourth-order valence-electron chi connectivity index (χ4n) is 2.85. The van der Waals surface area contributed by atoms with Crippen LogP contribution in [0.15, 0.2) is 52.7 Å². The number of benzene rings is 2. The first kappa shape index (κ1) is 19.4. The van der Waals surface area contributed by atoms with Gasteiger partial charge in [0.05, 0.1) is 5.71 Å². The van der Waals surface area contributed by atoms with Crippen LogP contribution in [0.3, 0.4) is 0 Å². The normalized spacial score (nSPS) is 13.2. The summed E-state index contributed by atoms with van der Waals surface area (Å²) in [6.07, 6.45) is 0. The predicted molar refractivity (Wildman–Crippen MR) is 106 cm³/mol. The third-order valence-corrected chi connectivity index (χ3v) is 5.49. The molecule has 0 N–H and O–H groups in total. The van der Waals surface area contributed by atoms with E-state index in [0.29, 0.717) is 16.7 Å². The van der Waals surface area contributed by atoms with Crippen molar-refractivity contribution in [1.82, 2.24) is 14.9 Å². The standard InChI is InChI=1S/C20H18F2N4O2S/c1-12-4-3-5-17(13(12)2)27-10-18-23-24-20-26(18)25-16(11-29-20)14-6-8-15(9-7-14)28-19(21)22/h3-9,19H,10-11H2,1-2H3. The first-order chi connectivity index (χ1) is 14.0. The highest BCUT2D eigenvalue weighted by molar-refractivity contribution is 7.99. The summed E-state index contributed by atoms with van der Waals surface area (Å²) >= 11 is 1.51. The second-order valence-electron chi connectivity index (χ2n) is 6.44. The van der Waals surface area contributed by atoms with Crippen molar-refractivity contribution in [2.75, 3.05) is 5.75 Å². The summed E-state index contributed by atoms with van der Waals surface area (Å²) in [5.74, 6) is 2.10. The van der Waals surface area contributed by atoms with Gasteiger partial charge in [0.1, 0.15) is 18.1 Å². The van der Waals surface area contributed by atoms with Gasteiger partial charge in [-0.1, -0.05) is 23.9 Å². The highest BCUT2D eigenvalue weighted by atomic mass is 32.2. The maximum atomic E-state index is 12.3. The summed E-state index contributed by atoms with van der Waals surface area (Å²) in [4.78, 5) is 0. The van der Waals surface area contributed by atoms with Crippen LogP contribution in [0.5, 0.6) is 11.5 Å². The molecule has 0 radical (unpaired) electrons. The number of fused-ring (bicyclic) bond motifs is 1. The number of thioether (sulfide) groups is 1. The molecule has 0 saturated heterocycles. The quantitative estimate of drug-likeness (QED) is 0.595. The molecule has 9 heteroatoms. The number of nitrogens with zero attached hydrogens (tertiary/aromatic N) is 4. The molecule has 0 spiro atoms. The van der Waals surface area contributed by atoms with Gasteiger partial charge in [0.15, 0.2) is 5.82 Å². The molecule has 6 nitrogen and oxygen atoms in total. The summed E-state index contributed by atoms with van der Waals surface area (Å²) in [7, 11) is 0. The van der Waals surface area contributed by atoms with Gasteiger partial charge in [-0.3, -0.25) is 0 Å². The SMILES string of the molecule is Cc1cccc(OCc2nnc3n2N=C(c2ccc(OC(F)F)cc2)CS3)c1C. The van der Waals surface area contributed by atoms with Gasteiger partial charge < -0.3 is 9.47 Å². The average Bonchev–Trinajstić information content (AvgIpc) is 3.11. The van der Waals surface area contributed by atoms with Crippen LogP contribution in [0.4, 0.5) is 8.78 Å². The molecule has 150 valence electrons. The molecular formula is C20H18F2N4O2S. The zero-order valence-corrected chi connectivity index (χ0v) is 16.6. The molecule has 2 heterocycles. The van der Waals surface area contributed by atoms with Gasteiger partial charge in [-0.15, -0.1) is 10.2 Å². The summed E-state index contributed by atoms with van der Waals surface area (Å²) in [5.41, 5.74) is 3.84. The minimum absolute atomic E-state index is 0.111. The maximum Gasteiger partial charge on any atom is 0.387 e. The second-order valence-corrected chi connectivity index (χ2v) is 7.38. The second kappa shape index (κ2) is 8.20. The van der Waals surface area contributed by atoms with Crippen molar-refractivity contribution in [3.05, 3.63) is 65.0 Å². The van der Waals surface area contributed by atoms with E-state index >= 15 is 0 Å². The number of ether oxygens (including phenoxy) is 2. The van der Waals surface area contributed by atoms with E-state index in [0.717, 1.165) is 28.2 Å². The molecule has 1 aromatic heterocycles. The van der Waals surface area contributed by atoms with E-state index in [4.69, 9.17) is 4.74 Å². The minimum Gasteiger partial charge on any atom is -0.485 e. The number of hydrogen-bond donors (Lipinski definition) is 0. The molecule has 0 amide bonds. The number of hydrogen-bond acceptors (Lipinski definition) is 6. The lowest BCUT2D eigenvalue weighted by molar-refractivity contribution is -0.0498. The molecule has 3 aromatic rings. The van der Waals surface area contributed by atoms with Crippen molar-refractivity contribution in [1.29, 1.82) is 0 Å². The topological polar surface area (TPSA) is 61.5 Å². The Bertz CT molecular complexity index is 1050. The largest absolute Gasteiger partial charge is 0.485 e. The molecule has 0 bridgehead atoms. The smallest absolute Gasteiger partial charge is 0.387 e. The van der Waals surface area contributed by atoms with Crippen LogP contribution in [0, 0.1) is 13.8 Å². The minimum atomic E-state index is -2.84. The number of alkyl halides is 2. The van der Waals surface area contributed by atoms with Gasteiger partial charge in [-0.05, 0) is 60.9 Å². The Balaban J connectivity index is 1.53. The van der Waals surface area contributed by atoms with Crippen LogP contribution in [0.1, 0.15) is 22.5 Å². The van der Waals surface area contributed by atoms with Crippen LogP contribution in [-0.4, -0.2) is 32.9 Å². The van der Waals surface area contributed by atoms with Gasteiger partial charge in [0, 0.05) is 5.75 Å². The van der Waals surface area contributed by atoms with Crippen molar-refractivity contribution < 1.29 is 18.3 Å². The Morgan fingerprint density at radius 2 is 1.90 bits per heavy atom. The lowest BCUT2D eigenvalue weighted by atomic mass is 10.1. The predicted octanol–water partition coefficient (Wildman–Crippen LogP) is 4.43. The third-order valence-electron chi connectivity index (χ3n) is 4.56. The summed E-state index contributed by atoms with van der Waals surface area (Å²) in [5, 5.41) is 13.7. The van der Waals surface area contributed by atoms with E-state index in [2.05, 4.69) is 20.0 Å². The molecule has 1 aliphatic rings. The Kier molecular flexibility index (Phi) is 5.48. The summed E-state index contributed by atoms with van der Waals surface area (Å²) in [6, 6.07) is 12.3. The first-order valence-corrected chi connectivity index (χ1v) is 9.89. The third kappa shape index (κ3) is 4.24. The van der Waals surface area contributed by atoms with Crippen molar-refractivity contribution >= 4 is 17.5 Å². The van der Waals surface area contributed by atoms with Gasteiger partial charge in [0.25, 0.3) is 0 Å². The molecule has 29 heavy (non-hydrogen) atoms. The number of halogens is 2. The molecule has 0 unspecified atom stereocenters. The van der Waals surface area contributed by atoms with Crippen LogP contribution < -0.4 is 9.47 Å². The Hall–Kier alpha value is -2.94. The number of aryl methyl sites for hydroxylation is 1. The van der Waals surface area contributed by atoms with Crippen LogP contribution in [-0.2, 0) is 6.61 Å². The molecule has 2 aromatic carbocycles. The lowest BCUT2D eigenvalue weighted by Crippen LogP contribution is -2.15. The molecule has 4 rings (SSSR count). The van der Waals surface area contributed by atoms with Crippen molar-refractivity contribution in [2.45, 2.75) is 32.2 Å². The summed E-state index contributed by atoms with van der Waals surface area (Å²) < 4.78 is 36.6. The van der Waals surface area contributed by atoms with E-state index in [-0.39, 0.29) is 12.4 Å². The molecule has 0 fully saturated rings. The van der Waals surface area contributed by atoms with E-state index in [1.165, 1.54) is 23.9 Å². The van der Waals surface area contributed by atoms with Crippen molar-refractivity contribution in [2.24, 2.45) is 5.10 Å². The number of aromatic nitrogens is 3. The zero-order valence-electron chi connectivity index (χ0n) is 15.8. The molecule has 0 saturated carbocycles.